The van der Waals surface area contributed by atoms with Gasteiger partial charge in [0.15, 0.2) is 0 Å². The van der Waals surface area contributed by atoms with E-state index in [-0.39, 0.29) is 17.1 Å². The lowest BCUT2D eigenvalue weighted by molar-refractivity contribution is -0.0560. The van der Waals surface area contributed by atoms with Crippen molar-refractivity contribution in [2.24, 2.45) is 5.41 Å². The van der Waals surface area contributed by atoms with Gasteiger partial charge in [-0.25, -0.2) is 0 Å². The summed E-state index contributed by atoms with van der Waals surface area (Å²) in [5, 5.41) is 2.07. The predicted octanol–water partition coefficient (Wildman–Crippen LogP) is 6.48. The minimum atomic E-state index is -0.799. The standard InChI is InChI=1S/C22H33O3SSi/c1-21(2,3)20(25-27(6)7)17-10-8-11-18(14-17)23-16-22(4,5)24-15-19-12-9-13-26-19/h8-14,20H,15-16H2,1-7H3. The molecular weight excluding hydrogens is 372 g/mol. The third-order valence-corrected chi connectivity index (χ3v) is 5.63. The lowest BCUT2D eigenvalue weighted by atomic mass is 9.85. The minimum Gasteiger partial charge on any atom is -0.491 e. The Morgan fingerprint density at radius 2 is 1.78 bits per heavy atom. The second-order valence-corrected chi connectivity index (χ2v) is 11.8. The van der Waals surface area contributed by atoms with E-state index in [1.54, 1.807) is 11.3 Å². The molecule has 1 heterocycles. The maximum absolute atomic E-state index is 6.30. The molecule has 0 aliphatic carbocycles. The summed E-state index contributed by atoms with van der Waals surface area (Å²) in [6.45, 7) is 16.3. The van der Waals surface area contributed by atoms with Gasteiger partial charge in [-0.15, -0.1) is 11.3 Å². The Bertz CT molecular complexity index is 690. The fourth-order valence-corrected chi connectivity index (χ4v) is 4.29. The summed E-state index contributed by atoms with van der Waals surface area (Å²) in [5.41, 5.74) is 0.843. The summed E-state index contributed by atoms with van der Waals surface area (Å²) in [7, 11) is -0.799. The van der Waals surface area contributed by atoms with Crippen molar-refractivity contribution in [1.29, 1.82) is 0 Å². The molecule has 149 valence electrons. The summed E-state index contributed by atoms with van der Waals surface area (Å²) in [6, 6.07) is 12.4. The highest BCUT2D eigenvalue weighted by Crippen LogP contribution is 2.37. The third-order valence-electron chi connectivity index (χ3n) is 4.07. The minimum absolute atomic E-state index is 0.0314. The highest BCUT2D eigenvalue weighted by Gasteiger charge is 2.28. The molecule has 0 fully saturated rings. The van der Waals surface area contributed by atoms with Crippen molar-refractivity contribution in [2.45, 2.75) is 66.0 Å². The van der Waals surface area contributed by atoms with Gasteiger partial charge in [-0.3, -0.25) is 0 Å². The molecule has 0 aliphatic heterocycles. The molecule has 5 heteroatoms. The summed E-state index contributed by atoms with van der Waals surface area (Å²) in [5.74, 6) is 0.860. The van der Waals surface area contributed by atoms with Gasteiger partial charge in [0.1, 0.15) is 12.4 Å². The molecule has 1 radical (unpaired) electrons. The van der Waals surface area contributed by atoms with Crippen LogP contribution in [0, 0.1) is 5.41 Å². The molecule has 0 bridgehead atoms. The van der Waals surface area contributed by atoms with E-state index in [0.717, 1.165) is 5.75 Å². The first-order valence-electron chi connectivity index (χ1n) is 9.43. The number of thiophene rings is 1. The van der Waals surface area contributed by atoms with Crippen molar-refractivity contribution >= 4 is 20.4 Å². The van der Waals surface area contributed by atoms with Crippen LogP contribution >= 0.6 is 11.3 Å². The fraction of sp³-hybridized carbons (Fsp3) is 0.545. The van der Waals surface area contributed by atoms with Gasteiger partial charge in [0.25, 0.3) is 0 Å². The lowest BCUT2D eigenvalue weighted by Gasteiger charge is -2.33. The van der Waals surface area contributed by atoms with E-state index in [1.165, 1.54) is 10.4 Å². The van der Waals surface area contributed by atoms with Crippen molar-refractivity contribution < 1.29 is 13.9 Å². The molecule has 27 heavy (non-hydrogen) atoms. The molecule has 2 aromatic rings. The quantitative estimate of drug-likeness (QED) is 0.447. The average Bonchev–Trinajstić information content (AvgIpc) is 3.09. The van der Waals surface area contributed by atoms with Crippen molar-refractivity contribution in [1.82, 2.24) is 0 Å². The molecule has 0 amide bonds. The molecule has 1 aromatic heterocycles. The molecule has 0 spiro atoms. The molecular formula is C22H33O3SSi. The number of ether oxygens (including phenoxy) is 2. The van der Waals surface area contributed by atoms with Crippen LogP contribution in [0.4, 0.5) is 0 Å². The zero-order valence-corrected chi connectivity index (χ0v) is 19.5. The van der Waals surface area contributed by atoms with E-state index in [9.17, 15) is 0 Å². The molecule has 1 atom stereocenters. The molecule has 3 nitrogen and oxygen atoms in total. The summed E-state index contributed by atoms with van der Waals surface area (Å²) >= 11 is 1.71. The van der Waals surface area contributed by atoms with E-state index >= 15 is 0 Å². The molecule has 0 saturated carbocycles. The van der Waals surface area contributed by atoms with Crippen LogP contribution in [0.2, 0.25) is 13.1 Å². The second kappa shape index (κ2) is 9.37. The Morgan fingerprint density at radius 3 is 2.37 bits per heavy atom. The Labute approximate surface area is 170 Å². The van der Waals surface area contributed by atoms with E-state index in [4.69, 9.17) is 13.9 Å². The van der Waals surface area contributed by atoms with Gasteiger partial charge in [-0.05, 0) is 61.5 Å². The Balaban J connectivity index is 2.01. The molecule has 0 N–H and O–H groups in total. The normalized spacial score (nSPS) is 13.8. The van der Waals surface area contributed by atoms with Crippen LogP contribution < -0.4 is 4.74 Å². The van der Waals surface area contributed by atoms with Crippen molar-refractivity contribution in [3.63, 3.8) is 0 Å². The maximum Gasteiger partial charge on any atom is 0.205 e. The van der Waals surface area contributed by atoms with Gasteiger partial charge in [-0.1, -0.05) is 39.0 Å². The first-order valence-corrected chi connectivity index (χ1v) is 12.7. The number of hydrogen-bond acceptors (Lipinski definition) is 4. The predicted molar refractivity (Wildman–Crippen MR) is 116 cm³/mol. The van der Waals surface area contributed by atoms with Gasteiger partial charge in [0.2, 0.25) is 9.04 Å². The highest BCUT2D eigenvalue weighted by atomic mass is 32.1. The first kappa shape index (κ1) is 22.1. The van der Waals surface area contributed by atoms with E-state index in [1.807, 2.05) is 18.2 Å². The van der Waals surface area contributed by atoms with Crippen LogP contribution in [0.3, 0.4) is 0 Å². The van der Waals surface area contributed by atoms with Crippen molar-refractivity contribution in [2.75, 3.05) is 6.61 Å². The largest absolute Gasteiger partial charge is 0.491 e. The third kappa shape index (κ3) is 7.41. The van der Waals surface area contributed by atoms with Gasteiger partial charge in [-0.2, -0.15) is 0 Å². The SMILES string of the molecule is C[Si](C)OC(c1cccc(OCC(C)(C)OCc2cccs2)c1)C(C)(C)C. The fourth-order valence-electron chi connectivity index (χ4n) is 2.71. The smallest absolute Gasteiger partial charge is 0.205 e. The summed E-state index contributed by atoms with van der Waals surface area (Å²) in [6.07, 6.45) is 0.0630. The van der Waals surface area contributed by atoms with Gasteiger partial charge < -0.3 is 13.9 Å². The van der Waals surface area contributed by atoms with E-state index in [2.05, 4.69) is 71.3 Å². The van der Waals surface area contributed by atoms with Crippen LogP contribution in [-0.4, -0.2) is 21.2 Å². The average molecular weight is 406 g/mol. The lowest BCUT2D eigenvalue weighted by Crippen LogP contribution is -2.32. The van der Waals surface area contributed by atoms with Crippen molar-refractivity contribution in [3.8, 4) is 5.75 Å². The molecule has 1 unspecified atom stereocenters. The van der Waals surface area contributed by atoms with Gasteiger partial charge in [0, 0.05) is 4.88 Å². The van der Waals surface area contributed by atoms with Crippen molar-refractivity contribution in [3.05, 3.63) is 52.2 Å². The van der Waals surface area contributed by atoms with E-state index < -0.39 is 9.04 Å². The van der Waals surface area contributed by atoms with Gasteiger partial charge >= 0.3 is 0 Å². The highest BCUT2D eigenvalue weighted by molar-refractivity contribution is 7.09. The van der Waals surface area contributed by atoms with Crippen LogP contribution in [0.25, 0.3) is 0 Å². The molecule has 0 aliphatic rings. The topological polar surface area (TPSA) is 27.7 Å². The van der Waals surface area contributed by atoms with Gasteiger partial charge in [0.05, 0.1) is 18.3 Å². The Morgan fingerprint density at radius 1 is 1.04 bits per heavy atom. The second-order valence-electron chi connectivity index (χ2n) is 8.76. The molecule has 1 aromatic carbocycles. The zero-order chi connectivity index (χ0) is 20.1. The monoisotopic (exact) mass is 405 g/mol. The molecule has 2 rings (SSSR count). The number of benzene rings is 1. The first-order chi connectivity index (χ1) is 12.6. The summed E-state index contributed by atoms with van der Waals surface area (Å²) in [4.78, 5) is 1.23. The van der Waals surface area contributed by atoms with Crippen LogP contribution in [0.15, 0.2) is 41.8 Å². The number of hydrogen-bond donors (Lipinski definition) is 0. The summed E-state index contributed by atoms with van der Waals surface area (Å²) < 4.78 is 18.4. The van der Waals surface area contributed by atoms with Crippen LogP contribution in [0.1, 0.15) is 51.2 Å². The van der Waals surface area contributed by atoms with E-state index in [0.29, 0.717) is 13.2 Å². The molecule has 0 saturated heterocycles. The maximum atomic E-state index is 6.30. The zero-order valence-electron chi connectivity index (χ0n) is 17.7. The Hall–Kier alpha value is -1.14. The Kier molecular flexibility index (Phi) is 7.69. The van der Waals surface area contributed by atoms with Crippen LogP contribution in [-0.2, 0) is 15.8 Å². The van der Waals surface area contributed by atoms with Crippen LogP contribution in [0.5, 0.6) is 5.75 Å². The number of rotatable bonds is 9.